The van der Waals surface area contributed by atoms with E-state index in [4.69, 9.17) is 5.11 Å². The average molecular weight is 252 g/mol. The van der Waals surface area contributed by atoms with Crippen molar-refractivity contribution in [1.29, 1.82) is 0 Å². The van der Waals surface area contributed by atoms with Crippen LogP contribution in [0, 0.1) is 0 Å². The van der Waals surface area contributed by atoms with E-state index in [0.29, 0.717) is 6.61 Å². The standard InChI is InChI=1S/C15H25OP/c16-13-9-4-2-1-3-5-10-14-17-15-11-7-6-8-12-15/h6-8,11-12,16-17H,1-5,9-10,13-14H2. The van der Waals surface area contributed by atoms with E-state index < -0.39 is 0 Å². The molecule has 17 heavy (non-hydrogen) atoms. The molecule has 1 rings (SSSR count). The molecule has 0 aliphatic heterocycles. The summed E-state index contributed by atoms with van der Waals surface area (Å²) in [5.74, 6) is 0. The Kier molecular flexibility index (Phi) is 9.27. The lowest BCUT2D eigenvalue weighted by Crippen LogP contribution is -1.93. The Balaban J connectivity index is 1.85. The molecular weight excluding hydrogens is 227 g/mol. The number of rotatable bonds is 10. The fraction of sp³-hybridized carbons (Fsp3) is 0.600. The summed E-state index contributed by atoms with van der Waals surface area (Å²) in [4.78, 5) is 0. The summed E-state index contributed by atoms with van der Waals surface area (Å²) in [5, 5.41) is 10.1. The largest absolute Gasteiger partial charge is 0.396 e. The molecule has 1 N–H and O–H groups in total. The van der Waals surface area contributed by atoms with Gasteiger partial charge in [0.05, 0.1) is 0 Å². The van der Waals surface area contributed by atoms with Crippen molar-refractivity contribution in [3.05, 3.63) is 30.3 Å². The van der Waals surface area contributed by atoms with Crippen LogP contribution >= 0.6 is 8.58 Å². The highest BCUT2D eigenvalue weighted by Crippen LogP contribution is 2.14. The van der Waals surface area contributed by atoms with Crippen LogP contribution in [0.1, 0.15) is 44.9 Å². The van der Waals surface area contributed by atoms with E-state index in [1.165, 1.54) is 50.0 Å². The molecule has 1 atom stereocenters. The molecule has 1 nitrogen and oxygen atoms in total. The fourth-order valence-electron chi connectivity index (χ4n) is 1.91. The van der Waals surface area contributed by atoms with Gasteiger partial charge in [-0.2, -0.15) is 0 Å². The van der Waals surface area contributed by atoms with Crippen molar-refractivity contribution in [2.75, 3.05) is 12.8 Å². The zero-order valence-electron chi connectivity index (χ0n) is 10.7. The predicted octanol–water partition coefficient (Wildman–Crippen LogP) is 3.71. The molecule has 1 aromatic carbocycles. The molecule has 0 spiro atoms. The maximum Gasteiger partial charge on any atom is 0.0431 e. The normalized spacial score (nSPS) is 11.4. The Morgan fingerprint density at radius 2 is 1.35 bits per heavy atom. The van der Waals surface area contributed by atoms with E-state index in [9.17, 15) is 0 Å². The molecule has 0 radical (unpaired) electrons. The molecular formula is C15H25OP. The molecule has 0 saturated carbocycles. The van der Waals surface area contributed by atoms with E-state index >= 15 is 0 Å². The smallest absolute Gasteiger partial charge is 0.0431 e. The van der Waals surface area contributed by atoms with Crippen LogP contribution in [0.15, 0.2) is 30.3 Å². The molecule has 2 heteroatoms. The summed E-state index contributed by atoms with van der Waals surface area (Å²) in [7, 11) is 0.984. The van der Waals surface area contributed by atoms with Crippen molar-refractivity contribution in [2.24, 2.45) is 0 Å². The number of aliphatic hydroxyl groups is 1. The number of aliphatic hydroxyl groups excluding tert-OH is 1. The fourth-order valence-corrected chi connectivity index (χ4v) is 3.05. The summed E-state index contributed by atoms with van der Waals surface area (Å²) in [5.41, 5.74) is 0. The number of hydrogen-bond acceptors (Lipinski definition) is 1. The van der Waals surface area contributed by atoms with Gasteiger partial charge in [0.25, 0.3) is 0 Å². The highest BCUT2D eigenvalue weighted by molar-refractivity contribution is 7.47. The second kappa shape index (κ2) is 10.7. The highest BCUT2D eigenvalue weighted by Gasteiger charge is 1.93. The van der Waals surface area contributed by atoms with Gasteiger partial charge in [-0.1, -0.05) is 71.0 Å². The van der Waals surface area contributed by atoms with Gasteiger partial charge in [-0.25, -0.2) is 0 Å². The summed E-state index contributed by atoms with van der Waals surface area (Å²) >= 11 is 0. The first kappa shape index (κ1) is 14.7. The number of hydrogen-bond donors (Lipinski definition) is 1. The van der Waals surface area contributed by atoms with Crippen molar-refractivity contribution in [3.63, 3.8) is 0 Å². The predicted molar refractivity (Wildman–Crippen MR) is 78.7 cm³/mol. The summed E-state index contributed by atoms with van der Waals surface area (Å²) in [6.45, 7) is 0.359. The summed E-state index contributed by atoms with van der Waals surface area (Å²) in [6, 6.07) is 10.8. The van der Waals surface area contributed by atoms with Crippen molar-refractivity contribution in [2.45, 2.75) is 44.9 Å². The molecule has 0 bridgehead atoms. The van der Waals surface area contributed by atoms with Gasteiger partial charge in [-0.15, -0.1) is 0 Å². The SMILES string of the molecule is OCCCCCCCCCPc1ccccc1. The molecule has 0 fully saturated rings. The van der Waals surface area contributed by atoms with Gasteiger partial charge in [0, 0.05) is 6.61 Å². The minimum Gasteiger partial charge on any atom is -0.396 e. The van der Waals surface area contributed by atoms with Crippen molar-refractivity contribution in [1.82, 2.24) is 0 Å². The van der Waals surface area contributed by atoms with Crippen LogP contribution in [-0.2, 0) is 0 Å². The second-order valence-corrected chi connectivity index (χ2v) is 5.92. The lowest BCUT2D eigenvalue weighted by molar-refractivity contribution is 0.282. The summed E-state index contributed by atoms with van der Waals surface area (Å²) in [6.07, 6.45) is 10.3. The molecule has 0 aromatic heterocycles. The third-order valence-corrected chi connectivity index (χ3v) is 4.28. The lowest BCUT2D eigenvalue weighted by Gasteiger charge is -2.02. The van der Waals surface area contributed by atoms with Gasteiger partial charge in [0.1, 0.15) is 0 Å². The van der Waals surface area contributed by atoms with Crippen molar-refractivity contribution in [3.8, 4) is 0 Å². The maximum absolute atomic E-state index is 8.65. The van der Waals surface area contributed by atoms with Crippen LogP contribution in [0.25, 0.3) is 0 Å². The molecule has 96 valence electrons. The Hall–Kier alpha value is -0.390. The summed E-state index contributed by atoms with van der Waals surface area (Å²) < 4.78 is 0. The third kappa shape index (κ3) is 8.35. The molecule has 1 aromatic rings. The average Bonchev–Trinajstić information content (AvgIpc) is 2.38. The quantitative estimate of drug-likeness (QED) is 0.497. The van der Waals surface area contributed by atoms with Crippen LogP contribution in [0.2, 0.25) is 0 Å². The van der Waals surface area contributed by atoms with E-state index in [1.807, 2.05) is 0 Å². The van der Waals surface area contributed by atoms with Crippen LogP contribution in [0.4, 0.5) is 0 Å². The topological polar surface area (TPSA) is 20.2 Å². The van der Waals surface area contributed by atoms with E-state index in [1.54, 1.807) is 0 Å². The van der Waals surface area contributed by atoms with Gasteiger partial charge < -0.3 is 5.11 Å². The lowest BCUT2D eigenvalue weighted by atomic mass is 10.1. The molecule has 0 aliphatic rings. The highest BCUT2D eigenvalue weighted by atomic mass is 31.1. The molecule has 0 heterocycles. The van der Waals surface area contributed by atoms with Crippen LogP contribution in [0.5, 0.6) is 0 Å². The van der Waals surface area contributed by atoms with Crippen molar-refractivity contribution < 1.29 is 5.11 Å². The zero-order chi connectivity index (χ0) is 12.2. The molecule has 0 amide bonds. The minimum absolute atomic E-state index is 0.359. The van der Waals surface area contributed by atoms with Crippen LogP contribution in [0.3, 0.4) is 0 Å². The first-order valence-corrected chi connectivity index (χ1v) is 8.04. The van der Waals surface area contributed by atoms with Crippen LogP contribution < -0.4 is 5.30 Å². The first-order chi connectivity index (χ1) is 8.43. The van der Waals surface area contributed by atoms with Gasteiger partial charge in [0.2, 0.25) is 0 Å². The monoisotopic (exact) mass is 252 g/mol. The van der Waals surface area contributed by atoms with Crippen molar-refractivity contribution >= 4 is 13.9 Å². The van der Waals surface area contributed by atoms with E-state index in [-0.39, 0.29) is 0 Å². The zero-order valence-corrected chi connectivity index (χ0v) is 11.7. The maximum atomic E-state index is 8.65. The number of unbranched alkanes of at least 4 members (excludes halogenated alkanes) is 6. The Bertz CT molecular complexity index is 261. The van der Waals surface area contributed by atoms with Gasteiger partial charge >= 0.3 is 0 Å². The van der Waals surface area contributed by atoms with Crippen LogP contribution in [-0.4, -0.2) is 17.9 Å². The van der Waals surface area contributed by atoms with E-state index in [0.717, 1.165) is 15.0 Å². The Morgan fingerprint density at radius 1 is 0.765 bits per heavy atom. The molecule has 0 aliphatic carbocycles. The molecule has 1 unspecified atom stereocenters. The van der Waals surface area contributed by atoms with Gasteiger partial charge in [-0.05, 0) is 24.3 Å². The number of benzene rings is 1. The second-order valence-electron chi connectivity index (χ2n) is 4.49. The van der Waals surface area contributed by atoms with Gasteiger partial charge in [-0.3, -0.25) is 0 Å². The Labute approximate surface area is 107 Å². The first-order valence-electron chi connectivity index (χ1n) is 6.83. The minimum atomic E-state index is 0.359. The molecule has 0 saturated heterocycles. The Morgan fingerprint density at radius 3 is 2.00 bits per heavy atom. The van der Waals surface area contributed by atoms with Gasteiger partial charge in [0.15, 0.2) is 0 Å². The van der Waals surface area contributed by atoms with E-state index in [2.05, 4.69) is 30.3 Å². The third-order valence-electron chi connectivity index (χ3n) is 2.94.